The van der Waals surface area contributed by atoms with Crippen molar-refractivity contribution in [2.45, 2.75) is 40.2 Å². The molecule has 0 amide bonds. The Balaban J connectivity index is 2.25. The molecule has 2 aromatic rings. The maximum atomic E-state index is 6.00. The predicted molar refractivity (Wildman–Crippen MR) is 64.1 cm³/mol. The third-order valence-corrected chi connectivity index (χ3v) is 2.90. The quantitative estimate of drug-likeness (QED) is 0.841. The first-order valence-corrected chi connectivity index (χ1v) is 6.00. The molecule has 0 radical (unpaired) electrons. The summed E-state index contributed by atoms with van der Waals surface area (Å²) in [4.78, 5) is 4.33. The molecule has 0 N–H and O–H groups in total. The van der Waals surface area contributed by atoms with Crippen LogP contribution in [0.5, 0.6) is 0 Å². The van der Waals surface area contributed by atoms with Gasteiger partial charge in [-0.15, -0.1) is 10.2 Å². The summed E-state index contributed by atoms with van der Waals surface area (Å²) in [5, 5.41) is 8.29. The fourth-order valence-corrected chi connectivity index (χ4v) is 1.82. The minimum Gasteiger partial charge on any atom is -0.444 e. The molecular formula is C11H15ClN4O. The van der Waals surface area contributed by atoms with Gasteiger partial charge in [0.15, 0.2) is 0 Å². The Kier molecular flexibility index (Phi) is 3.47. The molecule has 0 aliphatic heterocycles. The molecule has 0 aliphatic carbocycles. The molecule has 0 spiro atoms. The third-order valence-electron chi connectivity index (χ3n) is 2.62. The molecule has 0 aliphatic rings. The maximum Gasteiger partial charge on any atom is 0.225 e. The van der Waals surface area contributed by atoms with E-state index in [1.807, 2.05) is 18.4 Å². The average molecular weight is 255 g/mol. The van der Waals surface area contributed by atoms with E-state index in [9.17, 15) is 0 Å². The minimum absolute atomic E-state index is 0.377. The van der Waals surface area contributed by atoms with E-state index in [4.69, 9.17) is 16.0 Å². The molecule has 0 saturated carbocycles. The second kappa shape index (κ2) is 4.87. The molecule has 2 aromatic heterocycles. The van der Waals surface area contributed by atoms with Crippen molar-refractivity contribution in [2.24, 2.45) is 0 Å². The van der Waals surface area contributed by atoms with Crippen LogP contribution in [0.15, 0.2) is 4.42 Å². The van der Waals surface area contributed by atoms with E-state index >= 15 is 0 Å². The van der Waals surface area contributed by atoms with Gasteiger partial charge in [0, 0.05) is 6.42 Å². The van der Waals surface area contributed by atoms with Crippen molar-refractivity contribution < 1.29 is 4.42 Å². The van der Waals surface area contributed by atoms with Gasteiger partial charge in [-0.1, -0.05) is 6.92 Å². The summed E-state index contributed by atoms with van der Waals surface area (Å²) in [6.07, 6.45) is 1.84. The van der Waals surface area contributed by atoms with Crippen LogP contribution in [0.3, 0.4) is 0 Å². The summed E-state index contributed by atoms with van der Waals surface area (Å²) < 4.78 is 7.36. The lowest BCUT2D eigenvalue weighted by Crippen LogP contribution is -2.05. The topological polar surface area (TPSA) is 56.7 Å². The Morgan fingerprint density at radius 1 is 1.29 bits per heavy atom. The molecule has 0 bridgehead atoms. The number of halogens is 1. The van der Waals surface area contributed by atoms with Crippen molar-refractivity contribution in [1.82, 2.24) is 19.7 Å². The zero-order valence-corrected chi connectivity index (χ0v) is 11.0. The lowest BCUT2D eigenvalue weighted by atomic mass is 10.3. The van der Waals surface area contributed by atoms with Crippen molar-refractivity contribution in [1.29, 1.82) is 0 Å². The molecule has 92 valence electrons. The molecule has 6 heteroatoms. The summed E-state index contributed by atoms with van der Waals surface area (Å²) in [5.74, 6) is 2.34. The summed E-state index contributed by atoms with van der Waals surface area (Å²) in [7, 11) is 0. The van der Waals surface area contributed by atoms with Crippen molar-refractivity contribution in [2.75, 3.05) is 0 Å². The van der Waals surface area contributed by atoms with Gasteiger partial charge in [0.25, 0.3) is 0 Å². The van der Waals surface area contributed by atoms with Crippen LogP contribution in [-0.4, -0.2) is 19.7 Å². The zero-order valence-electron chi connectivity index (χ0n) is 10.2. The van der Waals surface area contributed by atoms with E-state index in [-0.39, 0.29) is 0 Å². The van der Waals surface area contributed by atoms with Gasteiger partial charge in [-0.05, 0) is 31.9 Å². The number of aryl methyl sites for hydroxylation is 3. The van der Waals surface area contributed by atoms with Crippen LogP contribution in [0, 0.1) is 13.8 Å². The summed E-state index contributed by atoms with van der Waals surface area (Å²) in [6.45, 7) is 6.39. The van der Waals surface area contributed by atoms with Crippen molar-refractivity contribution >= 4 is 11.6 Å². The van der Waals surface area contributed by atoms with Crippen LogP contribution < -0.4 is 0 Å². The maximum absolute atomic E-state index is 6.00. The highest BCUT2D eigenvalue weighted by Crippen LogP contribution is 2.15. The largest absolute Gasteiger partial charge is 0.444 e. The van der Waals surface area contributed by atoms with Gasteiger partial charge >= 0.3 is 0 Å². The standard InChI is InChI=1S/C11H15ClN4O/c1-4-5-9-14-15-11(12)16(9)6-10-13-7(2)8(3)17-10/h4-6H2,1-3H3. The van der Waals surface area contributed by atoms with E-state index in [0.29, 0.717) is 17.7 Å². The smallest absolute Gasteiger partial charge is 0.225 e. The molecule has 2 heterocycles. The molecule has 0 saturated heterocycles. The third kappa shape index (κ3) is 2.49. The van der Waals surface area contributed by atoms with Crippen molar-refractivity contribution in [3.8, 4) is 0 Å². The molecular weight excluding hydrogens is 240 g/mol. The van der Waals surface area contributed by atoms with Crippen molar-refractivity contribution in [3.63, 3.8) is 0 Å². The average Bonchev–Trinajstić information content (AvgIpc) is 2.77. The number of hydrogen-bond donors (Lipinski definition) is 0. The van der Waals surface area contributed by atoms with Gasteiger partial charge in [-0.25, -0.2) is 4.98 Å². The number of hydrogen-bond acceptors (Lipinski definition) is 4. The zero-order chi connectivity index (χ0) is 12.4. The Morgan fingerprint density at radius 3 is 2.65 bits per heavy atom. The highest BCUT2D eigenvalue weighted by molar-refractivity contribution is 6.28. The van der Waals surface area contributed by atoms with Gasteiger partial charge in [0.05, 0.1) is 5.69 Å². The Hall–Kier alpha value is -1.36. The van der Waals surface area contributed by atoms with E-state index < -0.39 is 0 Å². The summed E-state index contributed by atoms with van der Waals surface area (Å²) in [6, 6.07) is 0. The van der Waals surface area contributed by atoms with Crippen LogP contribution in [0.25, 0.3) is 0 Å². The van der Waals surface area contributed by atoms with Crippen LogP contribution in [0.2, 0.25) is 5.28 Å². The predicted octanol–water partition coefficient (Wildman–Crippen LogP) is 2.54. The number of aromatic nitrogens is 4. The van der Waals surface area contributed by atoms with Gasteiger partial charge in [0.1, 0.15) is 18.1 Å². The van der Waals surface area contributed by atoms with Crippen LogP contribution in [0.1, 0.15) is 36.5 Å². The van der Waals surface area contributed by atoms with E-state index in [0.717, 1.165) is 30.1 Å². The van der Waals surface area contributed by atoms with Crippen LogP contribution in [-0.2, 0) is 13.0 Å². The highest BCUT2D eigenvalue weighted by atomic mass is 35.5. The Morgan fingerprint density at radius 2 is 2.06 bits per heavy atom. The van der Waals surface area contributed by atoms with Gasteiger partial charge in [-0.3, -0.25) is 4.57 Å². The second-order valence-electron chi connectivity index (χ2n) is 3.97. The van der Waals surface area contributed by atoms with Crippen LogP contribution in [0.4, 0.5) is 0 Å². The first-order chi connectivity index (χ1) is 8.11. The van der Waals surface area contributed by atoms with Gasteiger partial charge in [-0.2, -0.15) is 0 Å². The van der Waals surface area contributed by atoms with Crippen LogP contribution >= 0.6 is 11.6 Å². The number of nitrogens with zero attached hydrogens (tertiary/aromatic N) is 4. The molecule has 0 unspecified atom stereocenters. The Bertz CT molecular complexity index is 498. The fraction of sp³-hybridized carbons (Fsp3) is 0.545. The lowest BCUT2D eigenvalue weighted by Gasteiger charge is -2.03. The number of oxazole rings is 1. The Labute approximate surface area is 105 Å². The monoisotopic (exact) mass is 254 g/mol. The number of rotatable bonds is 4. The normalized spacial score (nSPS) is 11.1. The van der Waals surface area contributed by atoms with Gasteiger partial charge in [0.2, 0.25) is 11.2 Å². The summed E-state index contributed by atoms with van der Waals surface area (Å²) >= 11 is 6.00. The molecule has 0 aromatic carbocycles. The fourth-order valence-electron chi connectivity index (χ4n) is 1.62. The van der Waals surface area contributed by atoms with Crippen molar-refractivity contribution in [3.05, 3.63) is 28.5 Å². The molecule has 5 nitrogen and oxygen atoms in total. The highest BCUT2D eigenvalue weighted by Gasteiger charge is 2.13. The minimum atomic E-state index is 0.377. The SMILES string of the molecule is CCCc1nnc(Cl)n1Cc1nc(C)c(C)o1. The van der Waals surface area contributed by atoms with Gasteiger partial charge < -0.3 is 4.42 Å². The first-order valence-electron chi connectivity index (χ1n) is 5.62. The molecule has 17 heavy (non-hydrogen) atoms. The van der Waals surface area contributed by atoms with E-state index in [2.05, 4.69) is 22.1 Å². The lowest BCUT2D eigenvalue weighted by molar-refractivity contribution is 0.453. The molecule has 0 fully saturated rings. The van der Waals surface area contributed by atoms with E-state index in [1.54, 1.807) is 0 Å². The summed E-state index contributed by atoms with van der Waals surface area (Å²) in [5.41, 5.74) is 0.904. The first kappa shape index (κ1) is 12.1. The second-order valence-corrected chi connectivity index (χ2v) is 4.31. The molecule has 2 rings (SSSR count). The molecule has 0 atom stereocenters. The van der Waals surface area contributed by atoms with E-state index in [1.165, 1.54) is 0 Å².